The molecule has 1 aliphatic carbocycles. The van der Waals surface area contributed by atoms with Crippen molar-refractivity contribution in [3.05, 3.63) is 34.9 Å². The van der Waals surface area contributed by atoms with Gasteiger partial charge in [-0.25, -0.2) is 4.79 Å². The van der Waals surface area contributed by atoms with Gasteiger partial charge >= 0.3 is 6.03 Å². The monoisotopic (exact) mass is 335 g/mol. The van der Waals surface area contributed by atoms with Crippen molar-refractivity contribution < 1.29 is 4.79 Å². The SMILES string of the molecule is CNC(=O)N(CC1CCCCCC1)C(=N)Cc1ccccc1Cl. The first-order valence-corrected chi connectivity index (χ1v) is 8.79. The van der Waals surface area contributed by atoms with Gasteiger partial charge in [-0.3, -0.25) is 10.3 Å². The number of hydrogen-bond acceptors (Lipinski definition) is 2. The molecule has 1 aromatic rings. The summed E-state index contributed by atoms with van der Waals surface area (Å²) in [5.74, 6) is 0.795. The van der Waals surface area contributed by atoms with Crippen molar-refractivity contribution in [2.24, 2.45) is 5.92 Å². The number of carbonyl (C=O) groups is 1. The van der Waals surface area contributed by atoms with E-state index in [0.717, 1.165) is 18.4 Å². The van der Waals surface area contributed by atoms with E-state index < -0.39 is 0 Å². The number of rotatable bonds is 4. The van der Waals surface area contributed by atoms with Crippen molar-refractivity contribution in [2.45, 2.75) is 44.9 Å². The Bertz CT molecular complexity index is 539. The molecule has 1 aromatic carbocycles. The molecule has 0 heterocycles. The zero-order valence-electron chi connectivity index (χ0n) is 13.8. The van der Waals surface area contributed by atoms with E-state index in [1.807, 2.05) is 24.3 Å². The fourth-order valence-corrected chi connectivity index (χ4v) is 3.38. The van der Waals surface area contributed by atoms with Gasteiger partial charge in [0, 0.05) is 25.0 Å². The predicted molar refractivity (Wildman–Crippen MR) is 95.2 cm³/mol. The molecule has 1 saturated carbocycles. The van der Waals surface area contributed by atoms with Crippen LogP contribution >= 0.6 is 11.6 Å². The smallest absolute Gasteiger partial charge is 0.322 e. The highest BCUT2D eigenvalue weighted by Crippen LogP contribution is 2.24. The summed E-state index contributed by atoms with van der Waals surface area (Å²) >= 11 is 6.18. The first-order valence-electron chi connectivity index (χ1n) is 8.42. The van der Waals surface area contributed by atoms with Crippen LogP contribution in [0, 0.1) is 11.3 Å². The Labute approximate surface area is 143 Å². The second-order valence-corrected chi connectivity index (χ2v) is 6.65. The Morgan fingerprint density at radius 1 is 1.26 bits per heavy atom. The third-order valence-corrected chi connectivity index (χ3v) is 4.88. The molecule has 5 heteroatoms. The molecule has 0 saturated heterocycles. The van der Waals surface area contributed by atoms with Gasteiger partial charge in [0.25, 0.3) is 0 Å². The molecular weight excluding hydrogens is 310 g/mol. The summed E-state index contributed by atoms with van der Waals surface area (Å²) in [5.41, 5.74) is 0.883. The first-order chi connectivity index (χ1) is 11.1. The summed E-state index contributed by atoms with van der Waals surface area (Å²) in [6.45, 7) is 0.628. The van der Waals surface area contributed by atoms with Gasteiger partial charge in [-0.2, -0.15) is 0 Å². The highest BCUT2D eigenvalue weighted by Gasteiger charge is 2.23. The third kappa shape index (κ3) is 5.24. The maximum atomic E-state index is 12.2. The van der Waals surface area contributed by atoms with E-state index in [0.29, 0.717) is 29.7 Å². The molecule has 2 N–H and O–H groups in total. The van der Waals surface area contributed by atoms with Gasteiger partial charge in [0.2, 0.25) is 0 Å². The lowest BCUT2D eigenvalue weighted by Gasteiger charge is -2.27. The fourth-order valence-electron chi connectivity index (χ4n) is 3.17. The number of hydrogen-bond donors (Lipinski definition) is 2. The minimum absolute atomic E-state index is 0.202. The fraction of sp³-hybridized carbons (Fsp3) is 0.556. The van der Waals surface area contributed by atoms with Gasteiger partial charge < -0.3 is 5.32 Å². The minimum atomic E-state index is -0.202. The number of halogens is 1. The molecule has 0 bridgehead atoms. The van der Waals surface area contributed by atoms with Crippen molar-refractivity contribution >= 4 is 23.5 Å². The van der Waals surface area contributed by atoms with Crippen molar-refractivity contribution in [3.63, 3.8) is 0 Å². The molecule has 0 aromatic heterocycles. The summed E-state index contributed by atoms with van der Waals surface area (Å²) < 4.78 is 0. The quantitative estimate of drug-likeness (QED) is 0.476. The van der Waals surface area contributed by atoms with Crippen molar-refractivity contribution in [2.75, 3.05) is 13.6 Å². The van der Waals surface area contributed by atoms with Gasteiger partial charge in [0.1, 0.15) is 5.84 Å². The standard InChI is InChI=1S/C18H26ClN3O/c1-21-18(23)22(13-14-8-4-2-3-5-9-14)17(20)12-15-10-6-7-11-16(15)19/h6-7,10-11,14,20H,2-5,8-9,12-13H2,1H3,(H,21,23). The van der Waals surface area contributed by atoms with Crippen molar-refractivity contribution in [3.8, 4) is 0 Å². The van der Waals surface area contributed by atoms with Crippen LogP contribution in [-0.4, -0.2) is 30.4 Å². The Kier molecular flexibility index (Phi) is 6.90. The van der Waals surface area contributed by atoms with Crippen LogP contribution < -0.4 is 5.32 Å². The number of urea groups is 1. The van der Waals surface area contributed by atoms with E-state index in [1.165, 1.54) is 25.7 Å². The summed E-state index contributed by atoms with van der Waals surface area (Å²) in [7, 11) is 1.62. The average molecular weight is 336 g/mol. The molecule has 23 heavy (non-hydrogen) atoms. The molecule has 0 unspecified atom stereocenters. The normalized spacial score (nSPS) is 15.7. The van der Waals surface area contributed by atoms with Crippen LogP contribution in [0.1, 0.15) is 44.1 Å². The van der Waals surface area contributed by atoms with Crippen molar-refractivity contribution in [1.82, 2.24) is 10.2 Å². The van der Waals surface area contributed by atoms with E-state index in [2.05, 4.69) is 5.32 Å². The Hall–Kier alpha value is -1.55. The van der Waals surface area contributed by atoms with Crippen LogP contribution in [0.5, 0.6) is 0 Å². The Morgan fingerprint density at radius 2 is 1.91 bits per heavy atom. The predicted octanol–water partition coefficient (Wildman–Crippen LogP) is 4.47. The number of amidine groups is 1. The molecule has 1 fully saturated rings. The molecule has 2 amide bonds. The summed E-state index contributed by atoms with van der Waals surface area (Å²) in [6, 6.07) is 7.30. The lowest BCUT2D eigenvalue weighted by Crippen LogP contribution is -2.45. The second kappa shape index (κ2) is 8.92. The molecular formula is C18H26ClN3O. The summed E-state index contributed by atoms with van der Waals surface area (Å²) in [6.07, 6.45) is 7.69. The third-order valence-electron chi connectivity index (χ3n) is 4.52. The first kappa shape index (κ1) is 17.8. The molecule has 1 aliphatic rings. The van der Waals surface area contributed by atoms with Gasteiger partial charge in [-0.05, 0) is 30.4 Å². The molecule has 126 valence electrons. The lowest BCUT2D eigenvalue weighted by molar-refractivity contribution is 0.214. The van der Waals surface area contributed by atoms with Crippen LogP contribution in [-0.2, 0) is 6.42 Å². The van der Waals surface area contributed by atoms with E-state index in [-0.39, 0.29) is 6.03 Å². The van der Waals surface area contributed by atoms with E-state index >= 15 is 0 Å². The molecule has 0 atom stereocenters. The number of carbonyl (C=O) groups excluding carboxylic acids is 1. The number of nitrogens with one attached hydrogen (secondary N) is 2. The maximum Gasteiger partial charge on any atom is 0.322 e. The van der Waals surface area contributed by atoms with Crippen LogP contribution in [0.15, 0.2) is 24.3 Å². The maximum absolute atomic E-state index is 12.2. The molecule has 0 spiro atoms. The molecule has 2 rings (SSSR count). The van der Waals surface area contributed by atoms with Crippen molar-refractivity contribution in [1.29, 1.82) is 5.41 Å². The van der Waals surface area contributed by atoms with E-state index in [9.17, 15) is 4.79 Å². The van der Waals surface area contributed by atoms with Gasteiger partial charge in [0.15, 0.2) is 0 Å². The van der Waals surface area contributed by atoms with Crippen LogP contribution in [0.3, 0.4) is 0 Å². The number of nitrogens with zero attached hydrogens (tertiary/aromatic N) is 1. The number of benzene rings is 1. The summed E-state index contributed by atoms with van der Waals surface area (Å²) in [4.78, 5) is 13.8. The van der Waals surface area contributed by atoms with Crippen LogP contribution in [0.4, 0.5) is 4.79 Å². The Balaban J connectivity index is 2.06. The highest BCUT2D eigenvalue weighted by atomic mass is 35.5. The topological polar surface area (TPSA) is 56.2 Å². The largest absolute Gasteiger partial charge is 0.341 e. The second-order valence-electron chi connectivity index (χ2n) is 6.24. The average Bonchev–Trinajstić information content (AvgIpc) is 2.82. The molecule has 0 aliphatic heterocycles. The number of amides is 2. The van der Waals surface area contributed by atoms with Gasteiger partial charge in [0.05, 0.1) is 0 Å². The Morgan fingerprint density at radius 3 is 2.52 bits per heavy atom. The zero-order chi connectivity index (χ0) is 16.7. The lowest BCUT2D eigenvalue weighted by atomic mass is 9.99. The van der Waals surface area contributed by atoms with Gasteiger partial charge in [-0.15, -0.1) is 0 Å². The molecule has 4 nitrogen and oxygen atoms in total. The van der Waals surface area contributed by atoms with E-state index in [1.54, 1.807) is 11.9 Å². The van der Waals surface area contributed by atoms with Crippen LogP contribution in [0.2, 0.25) is 5.02 Å². The zero-order valence-corrected chi connectivity index (χ0v) is 14.5. The minimum Gasteiger partial charge on any atom is -0.341 e. The molecule has 0 radical (unpaired) electrons. The van der Waals surface area contributed by atoms with Crippen LogP contribution in [0.25, 0.3) is 0 Å². The summed E-state index contributed by atoms with van der Waals surface area (Å²) in [5, 5.41) is 11.7. The highest BCUT2D eigenvalue weighted by molar-refractivity contribution is 6.31. The van der Waals surface area contributed by atoms with Gasteiger partial charge in [-0.1, -0.05) is 55.5 Å². The van der Waals surface area contributed by atoms with E-state index in [4.69, 9.17) is 17.0 Å².